The van der Waals surface area contributed by atoms with Gasteiger partial charge in [0.25, 0.3) is 0 Å². The summed E-state index contributed by atoms with van der Waals surface area (Å²) in [6, 6.07) is 5.33. The maximum Gasteiger partial charge on any atom is 0.129 e. The average Bonchev–Trinajstić information content (AvgIpc) is 2.40. The van der Waals surface area contributed by atoms with E-state index in [-0.39, 0.29) is 0 Å². The van der Waals surface area contributed by atoms with Crippen molar-refractivity contribution in [2.75, 3.05) is 29.5 Å². The number of hydrogen-bond donors (Lipinski definition) is 1. The van der Waals surface area contributed by atoms with Crippen LogP contribution in [0.3, 0.4) is 0 Å². The van der Waals surface area contributed by atoms with Crippen molar-refractivity contribution in [1.82, 2.24) is 10.3 Å². The Hall–Kier alpha value is -0.740. The van der Waals surface area contributed by atoms with Crippen molar-refractivity contribution in [2.45, 2.75) is 32.9 Å². The molecule has 0 saturated carbocycles. The lowest BCUT2D eigenvalue weighted by Crippen LogP contribution is -2.41. The summed E-state index contributed by atoms with van der Waals surface area (Å²) in [7, 11) is 0. The third-order valence-electron chi connectivity index (χ3n) is 3.44. The van der Waals surface area contributed by atoms with Crippen molar-refractivity contribution in [2.24, 2.45) is 0 Å². The first-order valence-electron chi connectivity index (χ1n) is 6.76. The first-order valence-corrected chi connectivity index (χ1v) is 7.91. The molecule has 0 aromatic carbocycles. The topological polar surface area (TPSA) is 28.2 Å². The van der Waals surface area contributed by atoms with Crippen molar-refractivity contribution in [3.63, 3.8) is 0 Å². The van der Waals surface area contributed by atoms with Crippen molar-refractivity contribution in [3.8, 4) is 0 Å². The Labute approximate surface area is 114 Å². The van der Waals surface area contributed by atoms with E-state index in [0.717, 1.165) is 18.9 Å². The number of anilines is 1. The fourth-order valence-electron chi connectivity index (χ4n) is 2.35. The van der Waals surface area contributed by atoms with E-state index in [0.29, 0.717) is 12.1 Å². The van der Waals surface area contributed by atoms with Gasteiger partial charge in [-0.3, -0.25) is 0 Å². The van der Waals surface area contributed by atoms with E-state index in [1.807, 2.05) is 18.0 Å². The molecule has 2 heterocycles. The van der Waals surface area contributed by atoms with Crippen LogP contribution < -0.4 is 10.2 Å². The molecule has 2 unspecified atom stereocenters. The SMILES string of the molecule is CCNC(C)c1ccnc(N2CCSCC2C)c1. The molecule has 1 aliphatic rings. The fourth-order valence-corrected chi connectivity index (χ4v) is 3.37. The number of nitrogens with one attached hydrogen (secondary N) is 1. The van der Waals surface area contributed by atoms with Gasteiger partial charge in [0, 0.05) is 36.3 Å². The molecule has 18 heavy (non-hydrogen) atoms. The molecule has 1 N–H and O–H groups in total. The third kappa shape index (κ3) is 3.18. The molecule has 1 aliphatic heterocycles. The molecule has 1 aromatic rings. The quantitative estimate of drug-likeness (QED) is 0.906. The summed E-state index contributed by atoms with van der Waals surface area (Å²) in [5.41, 5.74) is 1.33. The molecule has 1 saturated heterocycles. The van der Waals surface area contributed by atoms with E-state index in [1.54, 1.807) is 0 Å². The molecule has 0 amide bonds. The van der Waals surface area contributed by atoms with Gasteiger partial charge in [-0.2, -0.15) is 11.8 Å². The zero-order valence-electron chi connectivity index (χ0n) is 11.5. The second-order valence-electron chi connectivity index (χ2n) is 4.84. The Morgan fingerprint density at radius 3 is 3.17 bits per heavy atom. The highest BCUT2D eigenvalue weighted by molar-refractivity contribution is 7.99. The molecule has 4 heteroatoms. The van der Waals surface area contributed by atoms with Gasteiger partial charge in [-0.05, 0) is 38.1 Å². The molecule has 1 fully saturated rings. The predicted octanol–water partition coefficient (Wildman–Crippen LogP) is 2.69. The second-order valence-corrected chi connectivity index (χ2v) is 5.99. The zero-order valence-corrected chi connectivity index (χ0v) is 12.3. The number of rotatable bonds is 4. The first kappa shape index (κ1) is 13.7. The summed E-state index contributed by atoms with van der Waals surface area (Å²) in [5.74, 6) is 3.54. The minimum Gasteiger partial charge on any atom is -0.352 e. The molecule has 2 rings (SSSR count). The maximum atomic E-state index is 4.54. The van der Waals surface area contributed by atoms with Gasteiger partial charge in [0.15, 0.2) is 0 Å². The minimum atomic E-state index is 0.395. The standard InChI is InChI=1S/C14H23N3S/c1-4-15-12(3)13-5-6-16-14(9-13)17-7-8-18-10-11(17)2/h5-6,9,11-12,15H,4,7-8,10H2,1-3H3. The summed E-state index contributed by atoms with van der Waals surface area (Å²) in [5, 5.41) is 3.45. The molecule has 0 radical (unpaired) electrons. The lowest BCUT2D eigenvalue weighted by Gasteiger charge is -2.34. The van der Waals surface area contributed by atoms with Crippen LogP contribution in [0, 0.1) is 0 Å². The van der Waals surface area contributed by atoms with Crippen molar-refractivity contribution < 1.29 is 0 Å². The lowest BCUT2D eigenvalue weighted by molar-refractivity contribution is 0.596. The molecule has 100 valence electrons. The summed E-state index contributed by atoms with van der Waals surface area (Å²) in [6.07, 6.45) is 1.94. The molecule has 0 aliphatic carbocycles. The van der Waals surface area contributed by atoms with Gasteiger partial charge in [0.1, 0.15) is 5.82 Å². The highest BCUT2D eigenvalue weighted by Gasteiger charge is 2.20. The smallest absolute Gasteiger partial charge is 0.129 e. The van der Waals surface area contributed by atoms with Crippen LogP contribution in [0.25, 0.3) is 0 Å². The van der Waals surface area contributed by atoms with E-state index >= 15 is 0 Å². The van der Waals surface area contributed by atoms with Gasteiger partial charge in [-0.15, -0.1) is 0 Å². The molecule has 0 spiro atoms. The van der Waals surface area contributed by atoms with Crippen LogP contribution in [0.2, 0.25) is 0 Å². The molecular weight excluding hydrogens is 242 g/mol. The number of aromatic nitrogens is 1. The minimum absolute atomic E-state index is 0.395. The van der Waals surface area contributed by atoms with Crippen LogP contribution in [-0.2, 0) is 0 Å². The van der Waals surface area contributed by atoms with Crippen LogP contribution in [0.4, 0.5) is 5.82 Å². The second kappa shape index (κ2) is 6.43. The predicted molar refractivity (Wildman–Crippen MR) is 80.5 cm³/mol. The normalized spacial score (nSPS) is 21.9. The number of pyridine rings is 1. The van der Waals surface area contributed by atoms with Crippen LogP contribution in [-0.4, -0.2) is 35.6 Å². The van der Waals surface area contributed by atoms with Crippen molar-refractivity contribution >= 4 is 17.6 Å². The molecule has 0 bridgehead atoms. The van der Waals surface area contributed by atoms with E-state index in [1.165, 1.54) is 17.1 Å². The number of hydrogen-bond acceptors (Lipinski definition) is 4. The van der Waals surface area contributed by atoms with E-state index in [2.05, 4.69) is 48.1 Å². The lowest BCUT2D eigenvalue weighted by atomic mass is 10.1. The molecule has 3 nitrogen and oxygen atoms in total. The third-order valence-corrected chi connectivity index (χ3v) is 4.63. The van der Waals surface area contributed by atoms with Gasteiger partial charge in [0.2, 0.25) is 0 Å². The van der Waals surface area contributed by atoms with Gasteiger partial charge in [0.05, 0.1) is 0 Å². The van der Waals surface area contributed by atoms with Gasteiger partial charge >= 0.3 is 0 Å². The maximum absolute atomic E-state index is 4.54. The monoisotopic (exact) mass is 265 g/mol. The van der Waals surface area contributed by atoms with Crippen LogP contribution in [0.5, 0.6) is 0 Å². The van der Waals surface area contributed by atoms with Gasteiger partial charge in [-0.25, -0.2) is 4.98 Å². The van der Waals surface area contributed by atoms with Crippen LogP contribution in [0.1, 0.15) is 32.4 Å². The van der Waals surface area contributed by atoms with Gasteiger partial charge in [-0.1, -0.05) is 6.92 Å². The Morgan fingerprint density at radius 1 is 1.61 bits per heavy atom. The van der Waals surface area contributed by atoms with E-state index < -0.39 is 0 Å². The van der Waals surface area contributed by atoms with Crippen molar-refractivity contribution in [1.29, 1.82) is 0 Å². The molecule has 2 atom stereocenters. The van der Waals surface area contributed by atoms with Crippen LogP contribution in [0.15, 0.2) is 18.3 Å². The Balaban J connectivity index is 2.15. The summed E-state index contributed by atoms with van der Waals surface area (Å²) in [4.78, 5) is 6.97. The Bertz CT molecular complexity index is 383. The molecular formula is C14H23N3S. The van der Waals surface area contributed by atoms with E-state index in [9.17, 15) is 0 Å². The highest BCUT2D eigenvalue weighted by atomic mass is 32.2. The average molecular weight is 265 g/mol. The number of thioether (sulfide) groups is 1. The summed E-state index contributed by atoms with van der Waals surface area (Å²) in [6.45, 7) is 8.74. The largest absolute Gasteiger partial charge is 0.352 e. The summed E-state index contributed by atoms with van der Waals surface area (Å²) >= 11 is 2.04. The van der Waals surface area contributed by atoms with Crippen molar-refractivity contribution in [3.05, 3.63) is 23.9 Å². The van der Waals surface area contributed by atoms with Crippen LogP contribution >= 0.6 is 11.8 Å². The van der Waals surface area contributed by atoms with E-state index in [4.69, 9.17) is 0 Å². The first-order chi connectivity index (χ1) is 8.72. The fraction of sp³-hybridized carbons (Fsp3) is 0.643. The Kier molecular flexibility index (Phi) is 4.89. The van der Waals surface area contributed by atoms with Gasteiger partial charge < -0.3 is 10.2 Å². The zero-order chi connectivity index (χ0) is 13.0. The summed E-state index contributed by atoms with van der Waals surface area (Å²) < 4.78 is 0. The number of nitrogens with zero attached hydrogens (tertiary/aromatic N) is 2. The Morgan fingerprint density at radius 2 is 2.44 bits per heavy atom. The highest BCUT2D eigenvalue weighted by Crippen LogP contribution is 2.24. The molecule has 1 aromatic heterocycles.